The highest BCUT2D eigenvalue weighted by molar-refractivity contribution is 14.1. The van der Waals surface area contributed by atoms with Crippen molar-refractivity contribution < 1.29 is 8.42 Å². The van der Waals surface area contributed by atoms with E-state index >= 15 is 0 Å². The van der Waals surface area contributed by atoms with E-state index in [0.717, 1.165) is 32.1 Å². The van der Waals surface area contributed by atoms with Gasteiger partial charge in [0.05, 0.1) is 0 Å². The van der Waals surface area contributed by atoms with Crippen LogP contribution in [0.3, 0.4) is 0 Å². The second-order valence-corrected chi connectivity index (χ2v) is 7.74. The predicted octanol–water partition coefficient (Wildman–Crippen LogP) is 2.69. The summed E-state index contributed by atoms with van der Waals surface area (Å²) in [5, 5.41) is 0. The highest BCUT2D eigenvalue weighted by atomic mass is 127. The molecule has 1 fully saturated rings. The molecule has 108 valence electrons. The highest BCUT2D eigenvalue weighted by Gasteiger charge is 2.28. The summed E-state index contributed by atoms with van der Waals surface area (Å²) >= 11 is 2.37. The van der Waals surface area contributed by atoms with E-state index in [1.54, 1.807) is 4.31 Å². The lowest BCUT2D eigenvalue weighted by Crippen LogP contribution is -2.48. The van der Waals surface area contributed by atoms with Gasteiger partial charge in [-0.2, -0.15) is 12.7 Å². The zero-order chi connectivity index (χ0) is 13.4. The van der Waals surface area contributed by atoms with Crippen molar-refractivity contribution in [2.24, 2.45) is 0 Å². The third-order valence-electron chi connectivity index (χ3n) is 3.40. The summed E-state index contributed by atoms with van der Waals surface area (Å²) in [4.78, 5) is 0. The summed E-state index contributed by atoms with van der Waals surface area (Å²) in [5.74, 6) is 0. The van der Waals surface area contributed by atoms with Crippen LogP contribution < -0.4 is 4.72 Å². The quantitative estimate of drug-likeness (QED) is 0.395. The van der Waals surface area contributed by atoms with Crippen molar-refractivity contribution >= 4 is 32.8 Å². The summed E-state index contributed by atoms with van der Waals surface area (Å²) in [6.07, 6.45) is 7.60. The van der Waals surface area contributed by atoms with Gasteiger partial charge in [-0.15, -0.1) is 0 Å². The van der Waals surface area contributed by atoms with E-state index in [9.17, 15) is 8.42 Å². The smallest absolute Gasteiger partial charge is 0.202 e. The van der Waals surface area contributed by atoms with E-state index in [-0.39, 0.29) is 6.04 Å². The molecule has 1 aliphatic heterocycles. The summed E-state index contributed by atoms with van der Waals surface area (Å²) in [6.45, 7) is 3.25. The fourth-order valence-electron chi connectivity index (χ4n) is 2.29. The van der Waals surface area contributed by atoms with Crippen LogP contribution in [-0.2, 0) is 10.2 Å². The maximum atomic E-state index is 12.1. The van der Waals surface area contributed by atoms with E-state index in [0.29, 0.717) is 13.1 Å². The predicted molar refractivity (Wildman–Crippen MR) is 84.3 cm³/mol. The van der Waals surface area contributed by atoms with Crippen LogP contribution in [0.25, 0.3) is 0 Å². The Morgan fingerprint density at radius 1 is 1.22 bits per heavy atom. The molecule has 0 saturated carbocycles. The lowest BCUT2D eigenvalue weighted by Gasteiger charge is -2.32. The minimum Gasteiger partial charge on any atom is -0.202 e. The molecule has 1 atom stereocenters. The van der Waals surface area contributed by atoms with Gasteiger partial charge in [0, 0.05) is 19.1 Å². The average molecular weight is 388 g/mol. The molecule has 6 heteroatoms. The Kier molecular flexibility index (Phi) is 8.06. The number of rotatable bonds is 8. The van der Waals surface area contributed by atoms with Gasteiger partial charge in [0.2, 0.25) is 0 Å². The summed E-state index contributed by atoms with van der Waals surface area (Å²) < 4.78 is 29.7. The number of nitrogens with zero attached hydrogens (tertiary/aromatic N) is 1. The van der Waals surface area contributed by atoms with Crippen molar-refractivity contribution in [3.8, 4) is 0 Å². The van der Waals surface area contributed by atoms with Gasteiger partial charge >= 0.3 is 0 Å². The standard InChI is InChI=1S/C12H25IN2O2S/c1-12-8-4-7-11-15(12)18(16,17)14-10-6-3-2-5-9-13/h12,14H,2-11H2,1H3. The Labute approximate surface area is 125 Å². The maximum absolute atomic E-state index is 12.1. The monoisotopic (exact) mass is 388 g/mol. The van der Waals surface area contributed by atoms with E-state index in [4.69, 9.17) is 0 Å². The molecule has 0 spiro atoms. The van der Waals surface area contributed by atoms with Crippen LogP contribution in [0.2, 0.25) is 0 Å². The third kappa shape index (κ3) is 5.71. The van der Waals surface area contributed by atoms with Crippen LogP contribution >= 0.6 is 22.6 Å². The molecule has 1 saturated heterocycles. The third-order valence-corrected chi connectivity index (χ3v) is 5.89. The molecular formula is C12H25IN2O2S. The molecule has 0 amide bonds. The molecule has 0 aromatic heterocycles. The normalized spacial score (nSPS) is 22.2. The fraction of sp³-hybridized carbons (Fsp3) is 1.00. The Hall–Kier alpha value is 0.600. The van der Waals surface area contributed by atoms with Crippen molar-refractivity contribution in [3.63, 3.8) is 0 Å². The van der Waals surface area contributed by atoms with Gasteiger partial charge in [0.15, 0.2) is 0 Å². The topological polar surface area (TPSA) is 49.4 Å². The SMILES string of the molecule is CC1CCCCN1S(=O)(=O)NCCCCCCI. The van der Waals surface area contributed by atoms with Crippen molar-refractivity contribution in [2.75, 3.05) is 17.5 Å². The number of hydrogen-bond donors (Lipinski definition) is 1. The zero-order valence-electron chi connectivity index (χ0n) is 11.2. The largest absolute Gasteiger partial charge is 0.279 e. The molecular weight excluding hydrogens is 363 g/mol. The van der Waals surface area contributed by atoms with Crippen molar-refractivity contribution in [1.29, 1.82) is 0 Å². The first-order valence-corrected chi connectivity index (χ1v) is 9.87. The first-order valence-electron chi connectivity index (χ1n) is 6.90. The van der Waals surface area contributed by atoms with E-state index in [2.05, 4.69) is 27.3 Å². The van der Waals surface area contributed by atoms with E-state index in [1.165, 1.54) is 17.3 Å². The fourth-order valence-corrected chi connectivity index (χ4v) is 4.34. The first-order chi connectivity index (χ1) is 8.58. The lowest BCUT2D eigenvalue weighted by molar-refractivity contribution is 0.265. The number of alkyl halides is 1. The number of halogens is 1. The number of hydrogen-bond acceptors (Lipinski definition) is 2. The maximum Gasteiger partial charge on any atom is 0.279 e. The van der Waals surface area contributed by atoms with E-state index < -0.39 is 10.2 Å². The summed E-state index contributed by atoms with van der Waals surface area (Å²) in [6, 6.07) is 0.148. The van der Waals surface area contributed by atoms with Gasteiger partial charge in [-0.3, -0.25) is 0 Å². The van der Waals surface area contributed by atoms with Crippen LogP contribution in [0.5, 0.6) is 0 Å². The van der Waals surface area contributed by atoms with Crippen LogP contribution in [0.1, 0.15) is 51.9 Å². The summed E-state index contributed by atoms with van der Waals surface area (Å²) in [5.41, 5.74) is 0. The molecule has 4 nitrogen and oxygen atoms in total. The van der Waals surface area contributed by atoms with Crippen molar-refractivity contribution in [2.45, 2.75) is 57.9 Å². The number of unbranched alkanes of at least 4 members (excludes halogenated alkanes) is 3. The Bertz CT molecular complexity index is 322. The second-order valence-electron chi connectivity index (χ2n) is 4.96. The molecule has 1 heterocycles. The molecule has 1 aliphatic rings. The van der Waals surface area contributed by atoms with Gasteiger partial charge in [0.1, 0.15) is 0 Å². The molecule has 1 N–H and O–H groups in total. The summed E-state index contributed by atoms with van der Waals surface area (Å²) in [7, 11) is -3.24. The van der Waals surface area contributed by atoms with Gasteiger partial charge in [-0.1, -0.05) is 41.9 Å². The van der Waals surface area contributed by atoms with Gasteiger partial charge in [-0.25, -0.2) is 4.72 Å². The van der Waals surface area contributed by atoms with Crippen LogP contribution in [-0.4, -0.2) is 36.3 Å². The van der Waals surface area contributed by atoms with Gasteiger partial charge < -0.3 is 0 Å². The lowest BCUT2D eigenvalue weighted by atomic mass is 10.1. The number of nitrogens with one attached hydrogen (secondary N) is 1. The molecule has 0 aliphatic carbocycles. The van der Waals surface area contributed by atoms with Crippen molar-refractivity contribution in [3.05, 3.63) is 0 Å². The molecule has 0 aromatic carbocycles. The molecule has 0 bridgehead atoms. The van der Waals surface area contributed by atoms with Gasteiger partial charge in [-0.05, 0) is 37.0 Å². The Morgan fingerprint density at radius 3 is 2.61 bits per heavy atom. The zero-order valence-corrected chi connectivity index (χ0v) is 14.2. The minimum absolute atomic E-state index is 0.148. The van der Waals surface area contributed by atoms with Crippen LogP contribution in [0, 0.1) is 0 Å². The first kappa shape index (κ1) is 16.7. The Morgan fingerprint density at radius 2 is 1.94 bits per heavy atom. The van der Waals surface area contributed by atoms with Crippen LogP contribution in [0.4, 0.5) is 0 Å². The number of piperidine rings is 1. The molecule has 1 rings (SSSR count). The molecule has 0 radical (unpaired) electrons. The minimum atomic E-state index is -3.24. The van der Waals surface area contributed by atoms with E-state index in [1.807, 2.05) is 6.92 Å². The van der Waals surface area contributed by atoms with Crippen molar-refractivity contribution in [1.82, 2.24) is 9.03 Å². The molecule has 18 heavy (non-hydrogen) atoms. The van der Waals surface area contributed by atoms with Crippen LogP contribution in [0.15, 0.2) is 0 Å². The Balaban J connectivity index is 2.26. The highest BCUT2D eigenvalue weighted by Crippen LogP contribution is 2.18. The average Bonchev–Trinajstić information content (AvgIpc) is 2.34. The van der Waals surface area contributed by atoms with Gasteiger partial charge in [0.25, 0.3) is 10.2 Å². The molecule has 1 unspecified atom stereocenters. The second kappa shape index (κ2) is 8.71. The molecule has 0 aromatic rings.